The summed E-state index contributed by atoms with van der Waals surface area (Å²) < 4.78 is 0. The van der Waals surface area contributed by atoms with Gasteiger partial charge in [0.25, 0.3) is 0 Å². The number of amides is 1. The second-order valence-corrected chi connectivity index (χ2v) is 6.70. The summed E-state index contributed by atoms with van der Waals surface area (Å²) in [5.41, 5.74) is 4.71. The predicted octanol–water partition coefficient (Wildman–Crippen LogP) is 4.86. The lowest BCUT2D eigenvalue weighted by Gasteiger charge is -2.48. The fourth-order valence-corrected chi connectivity index (χ4v) is 3.63. The number of aryl methyl sites for hydroxylation is 1. The molecular formula is C23H21NO. The van der Waals surface area contributed by atoms with Crippen LogP contribution in [0, 0.1) is 6.92 Å². The van der Waals surface area contributed by atoms with Crippen molar-refractivity contribution in [2.24, 2.45) is 0 Å². The SMILES string of the molecule is Cc1ccc(C2C(c3ccccc3)C(=O)N2Cc2ccccc2)cc1. The van der Waals surface area contributed by atoms with Gasteiger partial charge in [0.2, 0.25) is 5.91 Å². The van der Waals surface area contributed by atoms with Gasteiger partial charge in [-0.25, -0.2) is 0 Å². The molecular weight excluding hydrogens is 306 g/mol. The zero-order valence-corrected chi connectivity index (χ0v) is 14.3. The van der Waals surface area contributed by atoms with Gasteiger partial charge in [-0.05, 0) is 23.6 Å². The van der Waals surface area contributed by atoms with Crippen molar-refractivity contribution in [3.05, 3.63) is 107 Å². The third-order valence-electron chi connectivity index (χ3n) is 4.97. The van der Waals surface area contributed by atoms with E-state index in [1.807, 2.05) is 41.3 Å². The molecule has 1 fully saturated rings. The van der Waals surface area contributed by atoms with E-state index in [9.17, 15) is 4.79 Å². The monoisotopic (exact) mass is 327 g/mol. The van der Waals surface area contributed by atoms with Crippen LogP contribution >= 0.6 is 0 Å². The van der Waals surface area contributed by atoms with Crippen molar-refractivity contribution < 1.29 is 4.79 Å². The average molecular weight is 327 g/mol. The number of rotatable bonds is 4. The second kappa shape index (κ2) is 6.56. The summed E-state index contributed by atoms with van der Waals surface area (Å²) in [4.78, 5) is 14.9. The molecule has 0 radical (unpaired) electrons. The van der Waals surface area contributed by atoms with E-state index in [0.717, 1.165) is 5.56 Å². The Hall–Kier alpha value is -2.87. The maximum atomic E-state index is 12.9. The maximum Gasteiger partial charge on any atom is 0.233 e. The molecule has 25 heavy (non-hydrogen) atoms. The van der Waals surface area contributed by atoms with Crippen molar-refractivity contribution in [2.75, 3.05) is 0 Å². The number of carbonyl (C=O) groups excluding carboxylic acids is 1. The number of hydrogen-bond acceptors (Lipinski definition) is 1. The van der Waals surface area contributed by atoms with E-state index in [1.54, 1.807) is 0 Å². The van der Waals surface area contributed by atoms with Gasteiger partial charge in [0.05, 0.1) is 12.0 Å². The second-order valence-electron chi connectivity index (χ2n) is 6.70. The number of likely N-dealkylation sites (tertiary alicyclic amines) is 1. The van der Waals surface area contributed by atoms with Gasteiger partial charge in [-0.1, -0.05) is 90.5 Å². The lowest BCUT2D eigenvalue weighted by atomic mass is 9.77. The Morgan fingerprint density at radius 2 is 1.36 bits per heavy atom. The van der Waals surface area contributed by atoms with Crippen molar-refractivity contribution in [1.82, 2.24) is 4.90 Å². The molecule has 0 aliphatic carbocycles. The first kappa shape index (κ1) is 15.6. The van der Waals surface area contributed by atoms with Crippen molar-refractivity contribution in [2.45, 2.75) is 25.4 Å². The molecule has 1 amide bonds. The smallest absolute Gasteiger partial charge is 0.233 e. The van der Waals surface area contributed by atoms with Crippen molar-refractivity contribution >= 4 is 5.91 Å². The minimum absolute atomic E-state index is 0.0902. The molecule has 0 aromatic heterocycles. The highest BCUT2D eigenvalue weighted by Crippen LogP contribution is 2.47. The van der Waals surface area contributed by atoms with Crippen LogP contribution in [0.25, 0.3) is 0 Å². The van der Waals surface area contributed by atoms with E-state index in [0.29, 0.717) is 6.54 Å². The van der Waals surface area contributed by atoms with Gasteiger partial charge in [0, 0.05) is 6.54 Å². The summed E-state index contributed by atoms with van der Waals surface area (Å²) in [5.74, 6) is 0.119. The van der Waals surface area contributed by atoms with Gasteiger partial charge in [0.15, 0.2) is 0 Å². The molecule has 2 atom stereocenters. The standard InChI is InChI=1S/C23H21NO/c1-17-12-14-20(15-13-17)22-21(19-10-6-3-7-11-19)23(25)24(22)16-18-8-4-2-5-9-18/h2-15,21-22H,16H2,1H3. The lowest BCUT2D eigenvalue weighted by molar-refractivity contribution is -0.151. The molecule has 3 aromatic rings. The molecule has 0 bridgehead atoms. The first-order valence-electron chi connectivity index (χ1n) is 8.70. The summed E-state index contributed by atoms with van der Waals surface area (Å²) in [6.07, 6.45) is 0. The van der Waals surface area contributed by atoms with Crippen LogP contribution in [0.2, 0.25) is 0 Å². The Morgan fingerprint density at radius 3 is 2.00 bits per heavy atom. The molecule has 2 heteroatoms. The summed E-state index contributed by atoms with van der Waals surface area (Å²) in [7, 11) is 0. The molecule has 0 saturated carbocycles. The van der Waals surface area contributed by atoms with Gasteiger partial charge >= 0.3 is 0 Å². The quantitative estimate of drug-likeness (QED) is 0.627. The predicted molar refractivity (Wildman–Crippen MR) is 100 cm³/mol. The average Bonchev–Trinajstić information content (AvgIpc) is 2.66. The first-order valence-corrected chi connectivity index (χ1v) is 8.70. The molecule has 1 saturated heterocycles. The number of β-lactam (4-membered cyclic amide) rings is 1. The summed E-state index contributed by atoms with van der Waals surface area (Å²) >= 11 is 0. The molecule has 2 unspecified atom stereocenters. The topological polar surface area (TPSA) is 20.3 Å². The van der Waals surface area contributed by atoms with Gasteiger partial charge in [-0.15, -0.1) is 0 Å². The van der Waals surface area contributed by atoms with Crippen LogP contribution in [-0.4, -0.2) is 10.8 Å². The zero-order chi connectivity index (χ0) is 17.2. The van der Waals surface area contributed by atoms with Gasteiger partial charge in [0.1, 0.15) is 0 Å². The minimum Gasteiger partial charge on any atom is -0.330 e. The van der Waals surface area contributed by atoms with Crippen molar-refractivity contribution in [3.8, 4) is 0 Å². The number of hydrogen-bond donors (Lipinski definition) is 0. The normalized spacial score (nSPS) is 19.6. The molecule has 1 heterocycles. The van der Waals surface area contributed by atoms with E-state index >= 15 is 0 Å². The Labute approximate surface area is 148 Å². The third kappa shape index (κ3) is 2.96. The highest BCUT2D eigenvalue weighted by Gasteiger charge is 2.48. The highest BCUT2D eigenvalue weighted by atomic mass is 16.2. The first-order chi connectivity index (χ1) is 12.2. The van der Waals surface area contributed by atoms with Crippen LogP contribution < -0.4 is 0 Å². The fraction of sp³-hybridized carbons (Fsp3) is 0.174. The molecule has 1 aliphatic heterocycles. The van der Waals surface area contributed by atoms with Gasteiger partial charge in [-0.2, -0.15) is 0 Å². The molecule has 124 valence electrons. The number of benzene rings is 3. The van der Waals surface area contributed by atoms with Crippen LogP contribution in [0.1, 0.15) is 34.2 Å². The number of carbonyl (C=O) groups is 1. The number of nitrogens with zero attached hydrogens (tertiary/aromatic N) is 1. The zero-order valence-electron chi connectivity index (χ0n) is 14.3. The van der Waals surface area contributed by atoms with Crippen LogP contribution in [-0.2, 0) is 11.3 Å². The van der Waals surface area contributed by atoms with Crippen molar-refractivity contribution in [1.29, 1.82) is 0 Å². The van der Waals surface area contributed by atoms with Gasteiger partial charge < -0.3 is 4.90 Å². The lowest BCUT2D eigenvalue weighted by Crippen LogP contribution is -2.52. The van der Waals surface area contributed by atoms with Crippen LogP contribution in [0.4, 0.5) is 0 Å². The van der Waals surface area contributed by atoms with Crippen LogP contribution in [0.5, 0.6) is 0 Å². The van der Waals surface area contributed by atoms with E-state index in [-0.39, 0.29) is 17.9 Å². The van der Waals surface area contributed by atoms with E-state index in [1.165, 1.54) is 16.7 Å². The van der Waals surface area contributed by atoms with Gasteiger partial charge in [-0.3, -0.25) is 4.79 Å². The third-order valence-corrected chi connectivity index (χ3v) is 4.97. The van der Waals surface area contributed by atoms with Crippen molar-refractivity contribution in [3.63, 3.8) is 0 Å². The fourth-order valence-electron chi connectivity index (χ4n) is 3.63. The largest absolute Gasteiger partial charge is 0.330 e. The highest BCUT2D eigenvalue weighted by molar-refractivity contribution is 5.91. The summed E-state index contributed by atoms with van der Waals surface area (Å²) in [5, 5.41) is 0. The molecule has 0 N–H and O–H groups in total. The summed E-state index contributed by atoms with van der Waals surface area (Å²) in [6, 6.07) is 29.0. The van der Waals surface area contributed by atoms with E-state index < -0.39 is 0 Å². The maximum absolute atomic E-state index is 12.9. The van der Waals surface area contributed by atoms with Crippen LogP contribution in [0.15, 0.2) is 84.9 Å². The molecule has 2 nitrogen and oxygen atoms in total. The van der Waals surface area contributed by atoms with Crippen LogP contribution in [0.3, 0.4) is 0 Å². The molecule has 0 spiro atoms. The minimum atomic E-state index is -0.0902. The van der Waals surface area contributed by atoms with E-state index in [4.69, 9.17) is 0 Å². The Morgan fingerprint density at radius 1 is 0.760 bits per heavy atom. The summed E-state index contributed by atoms with van der Waals surface area (Å²) in [6.45, 7) is 2.74. The molecule has 4 rings (SSSR count). The Kier molecular flexibility index (Phi) is 4.10. The van der Waals surface area contributed by atoms with E-state index in [2.05, 4.69) is 55.5 Å². The molecule has 1 aliphatic rings. The molecule has 3 aromatic carbocycles. The Balaban J connectivity index is 1.68. The Bertz CT molecular complexity index is 856.